The fraction of sp³-hybridized carbons (Fsp3) is 0.500. The third kappa shape index (κ3) is 8.45. The number of hydrogen-bond acceptors (Lipinski definition) is 10. The molecule has 4 N–H and O–H groups in total. The molecule has 1 aliphatic rings. The van der Waals surface area contributed by atoms with E-state index in [2.05, 4.69) is 5.32 Å². The van der Waals surface area contributed by atoms with E-state index in [-0.39, 0.29) is 34.5 Å². The normalized spacial score (nSPS) is 22.6. The number of alkyl carbamates (subject to hydrolysis) is 1. The lowest BCUT2D eigenvalue weighted by Gasteiger charge is -2.40. The van der Waals surface area contributed by atoms with Gasteiger partial charge in [-0.1, -0.05) is 47.5 Å². The molecule has 1 amide bonds. The molecule has 1 fully saturated rings. The molecular weight excluding hydrogens is 581 g/mol. The minimum absolute atomic E-state index is 0.0111. The van der Waals surface area contributed by atoms with Gasteiger partial charge in [0.2, 0.25) is 0 Å². The van der Waals surface area contributed by atoms with Crippen molar-refractivity contribution in [1.29, 1.82) is 0 Å². The van der Waals surface area contributed by atoms with Gasteiger partial charge in [0.1, 0.15) is 30.5 Å². The first-order valence-corrected chi connectivity index (χ1v) is 13.5. The van der Waals surface area contributed by atoms with Gasteiger partial charge in [-0.3, -0.25) is 0 Å². The second-order valence-electron chi connectivity index (χ2n) is 10.5. The lowest BCUT2D eigenvalue weighted by atomic mass is 9.98. The standard InChI is InChI=1S/C28H35Cl2NO10/c1-14-17(25(35)40-24-21(33)19(12-32)39-26(37-5)22(24)34)10-18(29)23(20(14)30)38-13-16-8-6-7-15(9-16)11-31-27(36)41-28(2,3)4/h6-10,19,21-22,24,26,32-34H,11-13H2,1-5H3,(H,31,36)/t19-,21-,22-,24+,26+/m1/s1. The molecule has 0 aliphatic carbocycles. The lowest BCUT2D eigenvalue weighted by Crippen LogP contribution is -2.60. The number of esters is 1. The Labute approximate surface area is 248 Å². The van der Waals surface area contributed by atoms with Crippen LogP contribution in [0.25, 0.3) is 0 Å². The maximum atomic E-state index is 13.0. The monoisotopic (exact) mass is 615 g/mol. The number of rotatable bonds is 9. The van der Waals surface area contributed by atoms with Gasteiger partial charge in [0.25, 0.3) is 0 Å². The first-order valence-electron chi connectivity index (χ1n) is 12.8. The second kappa shape index (κ2) is 14.0. The van der Waals surface area contributed by atoms with Crippen LogP contribution < -0.4 is 10.1 Å². The van der Waals surface area contributed by atoms with Crippen molar-refractivity contribution < 1.29 is 48.6 Å². The highest BCUT2D eigenvalue weighted by Crippen LogP contribution is 2.39. The van der Waals surface area contributed by atoms with Crippen LogP contribution in [-0.2, 0) is 32.1 Å². The maximum absolute atomic E-state index is 13.0. The summed E-state index contributed by atoms with van der Waals surface area (Å²) in [4.78, 5) is 25.0. The molecule has 1 saturated heterocycles. The number of benzene rings is 2. The Morgan fingerprint density at radius 3 is 2.41 bits per heavy atom. The quantitative estimate of drug-likeness (QED) is 0.308. The van der Waals surface area contributed by atoms with Gasteiger partial charge in [0.05, 0.1) is 22.2 Å². The van der Waals surface area contributed by atoms with Crippen LogP contribution in [0.2, 0.25) is 10.0 Å². The van der Waals surface area contributed by atoms with Gasteiger partial charge in [-0.25, -0.2) is 9.59 Å². The van der Waals surface area contributed by atoms with E-state index >= 15 is 0 Å². The van der Waals surface area contributed by atoms with E-state index in [1.165, 1.54) is 13.2 Å². The Morgan fingerprint density at radius 2 is 1.78 bits per heavy atom. The molecule has 0 saturated carbocycles. The summed E-state index contributed by atoms with van der Waals surface area (Å²) in [5.74, 6) is -0.773. The zero-order chi connectivity index (χ0) is 30.5. The molecule has 2 aromatic carbocycles. The van der Waals surface area contributed by atoms with E-state index in [0.717, 1.165) is 11.1 Å². The topological polar surface area (TPSA) is 153 Å². The summed E-state index contributed by atoms with van der Waals surface area (Å²) >= 11 is 12.9. The van der Waals surface area contributed by atoms with E-state index in [1.807, 2.05) is 24.3 Å². The number of halogens is 2. The zero-order valence-corrected chi connectivity index (χ0v) is 24.9. The minimum atomic E-state index is -1.52. The molecule has 13 heteroatoms. The summed E-state index contributed by atoms with van der Waals surface area (Å²) in [7, 11) is 1.26. The van der Waals surface area contributed by atoms with Crippen LogP contribution >= 0.6 is 23.2 Å². The van der Waals surface area contributed by atoms with Gasteiger partial charge >= 0.3 is 12.1 Å². The smallest absolute Gasteiger partial charge is 0.407 e. The SMILES string of the molecule is CO[C@H]1O[C@H](CO)[C@@H](O)[C@H](OC(=O)c2cc(Cl)c(OCc3cccc(CNC(=O)OC(C)(C)C)c3)c(Cl)c2C)[C@H]1O. The summed E-state index contributed by atoms with van der Waals surface area (Å²) in [6.45, 7) is 6.66. The van der Waals surface area contributed by atoms with Crippen molar-refractivity contribution in [2.24, 2.45) is 0 Å². The Morgan fingerprint density at radius 1 is 1.10 bits per heavy atom. The number of methoxy groups -OCH3 is 1. The summed E-state index contributed by atoms with van der Waals surface area (Å²) in [6, 6.07) is 8.64. The first kappa shape index (κ1) is 32.9. The van der Waals surface area contributed by atoms with E-state index in [0.29, 0.717) is 5.56 Å². The molecule has 2 aromatic rings. The van der Waals surface area contributed by atoms with E-state index in [1.54, 1.807) is 27.7 Å². The number of aliphatic hydroxyl groups is 3. The van der Waals surface area contributed by atoms with Crippen molar-refractivity contribution in [3.63, 3.8) is 0 Å². The number of hydrogen-bond donors (Lipinski definition) is 4. The highest BCUT2D eigenvalue weighted by Gasteiger charge is 2.47. The largest absolute Gasteiger partial charge is 0.486 e. The Kier molecular flexibility index (Phi) is 11.2. The van der Waals surface area contributed by atoms with Crippen LogP contribution in [0.1, 0.15) is 47.8 Å². The van der Waals surface area contributed by atoms with Gasteiger partial charge in [0.15, 0.2) is 18.1 Å². The van der Waals surface area contributed by atoms with E-state index < -0.39 is 55.0 Å². The van der Waals surface area contributed by atoms with Crippen LogP contribution in [0, 0.1) is 6.92 Å². The van der Waals surface area contributed by atoms with Gasteiger partial charge in [-0.05, 0) is 50.5 Å². The van der Waals surface area contributed by atoms with Crippen molar-refractivity contribution in [2.75, 3.05) is 13.7 Å². The highest BCUT2D eigenvalue weighted by molar-refractivity contribution is 6.38. The molecule has 0 radical (unpaired) electrons. The molecular formula is C28H35Cl2NO10. The van der Waals surface area contributed by atoms with Gasteiger partial charge in [-0.2, -0.15) is 0 Å². The maximum Gasteiger partial charge on any atom is 0.407 e. The minimum Gasteiger partial charge on any atom is -0.486 e. The predicted molar refractivity (Wildman–Crippen MR) is 149 cm³/mol. The average Bonchev–Trinajstić information content (AvgIpc) is 2.91. The Bertz CT molecular complexity index is 1220. The number of nitrogens with one attached hydrogen (secondary N) is 1. The Balaban J connectivity index is 1.70. The molecule has 1 aliphatic heterocycles. The summed E-state index contributed by atoms with van der Waals surface area (Å²) in [5, 5.41) is 33.2. The number of aliphatic hydroxyl groups excluding tert-OH is 3. The van der Waals surface area contributed by atoms with Crippen LogP contribution in [0.3, 0.4) is 0 Å². The summed E-state index contributed by atoms with van der Waals surface area (Å²) < 4.78 is 26.8. The summed E-state index contributed by atoms with van der Waals surface area (Å²) in [5.41, 5.74) is 1.27. The van der Waals surface area contributed by atoms with Crippen molar-refractivity contribution in [2.45, 2.75) is 77.2 Å². The van der Waals surface area contributed by atoms with E-state index in [9.17, 15) is 24.9 Å². The molecule has 0 aromatic heterocycles. The van der Waals surface area contributed by atoms with Gasteiger partial charge in [-0.15, -0.1) is 0 Å². The third-order valence-corrected chi connectivity index (χ3v) is 6.88. The predicted octanol–water partition coefficient (Wildman–Crippen LogP) is 3.52. The molecule has 0 unspecified atom stereocenters. The second-order valence-corrected chi connectivity index (χ2v) is 11.2. The van der Waals surface area contributed by atoms with Crippen molar-refractivity contribution in [3.05, 3.63) is 62.6 Å². The molecule has 41 heavy (non-hydrogen) atoms. The van der Waals surface area contributed by atoms with Crippen molar-refractivity contribution >= 4 is 35.3 Å². The molecule has 226 valence electrons. The first-order chi connectivity index (χ1) is 19.2. The molecule has 5 atom stereocenters. The van der Waals surface area contributed by atoms with E-state index in [4.69, 9.17) is 46.9 Å². The molecule has 1 heterocycles. The molecule has 11 nitrogen and oxygen atoms in total. The molecule has 0 spiro atoms. The van der Waals surface area contributed by atoms with Crippen LogP contribution in [-0.4, -0.2) is 77.4 Å². The fourth-order valence-corrected chi connectivity index (χ4v) is 4.65. The van der Waals surface area contributed by atoms with Crippen LogP contribution in [0.4, 0.5) is 4.79 Å². The van der Waals surface area contributed by atoms with Gasteiger partial charge < -0.3 is 44.3 Å². The zero-order valence-electron chi connectivity index (χ0n) is 23.4. The number of amides is 1. The molecule has 0 bridgehead atoms. The Hall–Kier alpha value is -2.64. The van der Waals surface area contributed by atoms with Crippen LogP contribution in [0.5, 0.6) is 5.75 Å². The van der Waals surface area contributed by atoms with Crippen molar-refractivity contribution in [1.82, 2.24) is 5.32 Å². The van der Waals surface area contributed by atoms with Crippen LogP contribution in [0.15, 0.2) is 30.3 Å². The highest BCUT2D eigenvalue weighted by atomic mass is 35.5. The summed E-state index contributed by atoms with van der Waals surface area (Å²) in [6.07, 6.45) is -7.40. The lowest BCUT2D eigenvalue weighted by molar-refractivity contribution is -0.293. The van der Waals surface area contributed by atoms with Crippen molar-refractivity contribution in [3.8, 4) is 5.75 Å². The number of carbonyl (C=O) groups is 2. The molecule has 3 rings (SSSR count). The average molecular weight is 616 g/mol. The third-order valence-electron chi connectivity index (χ3n) is 6.15. The number of carbonyl (C=O) groups excluding carboxylic acids is 2. The fourth-order valence-electron chi connectivity index (χ4n) is 4.09. The number of ether oxygens (including phenoxy) is 5. The van der Waals surface area contributed by atoms with Gasteiger partial charge in [0, 0.05) is 13.7 Å².